The number of amides is 1. The van der Waals surface area contributed by atoms with Crippen molar-refractivity contribution < 1.29 is 14.7 Å². The van der Waals surface area contributed by atoms with Gasteiger partial charge in [0.25, 0.3) is 0 Å². The molecule has 0 unspecified atom stereocenters. The number of nitrogens with one attached hydrogen (secondary N) is 1. The first-order chi connectivity index (χ1) is 8.42. The number of carbonyl (C=O) groups excluding carboxylic acids is 1. The predicted octanol–water partition coefficient (Wildman–Crippen LogP) is 2.37. The number of aliphatic carboxylic acids is 1. The number of allylic oxidation sites excluding steroid dienone is 2. The predicted molar refractivity (Wildman–Crippen MR) is 72.1 cm³/mol. The first kappa shape index (κ1) is 16.4. The normalized spacial score (nSPS) is 12.2. The van der Waals surface area contributed by atoms with Crippen LogP contribution in [0.5, 0.6) is 0 Å². The minimum Gasteiger partial charge on any atom is -0.480 e. The van der Waals surface area contributed by atoms with Crippen LogP contribution in [0.25, 0.3) is 0 Å². The Balaban J connectivity index is 4.58. The van der Waals surface area contributed by atoms with Gasteiger partial charge in [0.05, 0.1) is 0 Å². The number of carboxylic acids is 1. The van der Waals surface area contributed by atoms with Crippen LogP contribution in [0.2, 0.25) is 0 Å². The standard InChI is InChI=1S/C14H23NO3/c1-5-7-11(8-6-2)13(16)15-12(14(17)18)9-10(3)4/h5-6,10-12H,1-2,7-9H2,3-4H3,(H,15,16)(H,17,18)/t12-/m1/s1. The van der Waals surface area contributed by atoms with Gasteiger partial charge in [-0.2, -0.15) is 0 Å². The molecule has 0 aromatic heterocycles. The summed E-state index contributed by atoms with van der Waals surface area (Å²) in [5, 5.41) is 11.6. The zero-order valence-corrected chi connectivity index (χ0v) is 11.2. The molecule has 0 fully saturated rings. The maximum Gasteiger partial charge on any atom is 0.326 e. The zero-order valence-electron chi connectivity index (χ0n) is 11.2. The highest BCUT2D eigenvalue weighted by molar-refractivity contribution is 5.85. The fourth-order valence-corrected chi connectivity index (χ4v) is 1.70. The molecule has 0 aromatic carbocycles. The van der Waals surface area contributed by atoms with Gasteiger partial charge in [0, 0.05) is 5.92 Å². The summed E-state index contributed by atoms with van der Waals surface area (Å²) in [7, 11) is 0. The van der Waals surface area contributed by atoms with Gasteiger partial charge in [0.2, 0.25) is 5.91 Å². The van der Waals surface area contributed by atoms with E-state index in [2.05, 4.69) is 18.5 Å². The minimum atomic E-state index is -0.993. The first-order valence-corrected chi connectivity index (χ1v) is 6.17. The molecule has 0 aromatic rings. The van der Waals surface area contributed by atoms with Crippen molar-refractivity contribution in [3.8, 4) is 0 Å². The Hall–Kier alpha value is -1.58. The van der Waals surface area contributed by atoms with Crippen molar-refractivity contribution in [2.24, 2.45) is 11.8 Å². The van der Waals surface area contributed by atoms with Crippen molar-refractivity contribution in [3.63, 3.8) is 0 Å². The lowest BCUT2D eigenvalue weighted by Gasteiger charge is -2.20. The Morgan fingerprint density at radius 2 is 1.72 bits per heavy atom. The Morgan fingerprint density at radius 3 is 2.06 bits per heavy atom. The summed E-state index contributed by atoms with van der Waals surface area (Å²) in [6.45, 7) is 11.0. The average Bonchev–Trinajstić information content (AvgIpc) is 2.27. The fraction of sp³-hybridized carbons (Fsp3) is 0.571. The summed E-state index contributed by atoms with van der Waals surface area (Å²) in [6.07, 6.45) is 4.78. The molecule has 1 atom stereocenters. The van der Waals surface area contributed by atoms with E-state index in [-0.39, 0.29) is 17.7 Å². The molecule has 0 aliphatic rings. The van der Waals surface area contributed by atoms with Gasteiger partial charge in [-0.3, -0.25) is 4.79 Å². The molecule has 0 heterocycles. The molecule has 18 heavy (non-hydrogen) atoms. The van der Waals surface area contributed by atoms with Crippen LogP contribution in [0.15, 0.2) is 25.3 Å². The fourth-order valence-electron chi connectivity index (χ4n) is 1.70. The zero-order chi connectivity index (χ0) is 14.1. The molecule has 4 heteroatoms. The van der Waals surface area contributed by atoms with Gasteiger partial charge in [-0.15, -0.1) is 13.2 Å². The summed E-state index contributed by atoms with van der Waals surface area (Å²) in [5.74, 6) is -1.31. The smallest absolute Gasteiger partial charge is 0.326 e. The topological polar surface area (TPSA) is 66.4 Å². The molecule has 102 valence electrons. The second-order valence-electron chi connectivity index (χ2n) is 4.77. The first-order valence-electron chi connectivity index (χ1n) is 6.17. The van der Waals surface area contributed by atoms with Crippen LogP contribution in [0.3, 0.4) is 0 Å². The average molecular weight is 253 g/mol. The van der Waals surface area contributed by atoms with E-state index >= 15 is 0 Å². The molecule has 0 saturated heterocycles. The van der Waals surface area contributed by atoms with E-state index in [1.807, 2.05) is 13.8 Å². The summed E-state index contributed by atoms with van der Waals surface area (Å²) >= 11 is 0. The Bertz CT molecular complexity index is 300. The van der Waals surface area contributed by atoms with Crippen LogP contribution >= 0.6 is 0 Å². The van der Waals surface area contributed by atoms with Crippen molar-refractivity contribution >= 4 is 11.9 Å². The van der Waals surface area contributed by atoms with Crippen LogP contribution in [0.1, 0.15) is 33.1 Å². The highest BCUT2D eigenvalue weighted by atomic mass is 16.4. The lowest BCUT2D eigenvalue weighted by molar-refractivity contribution is -0.142. The molecule has 0 aliphatic heterocycles. The second-order valence-corrected chi connectivity index (χ2v) is 4.77. The van der Waals surface area contributed by atoms with Crippen molar-refractivity contribution in [1.29, 1.82) is 0 Å². The highest BCUT2D eigenvalue weighted by Crippen LogP contribution is 2.12. The van der Waals surface area contributed by atoms with Gasteiger partial charge in [-0.1, -0.05) is 26.0 Å². The van der Waals surface area contributed by atoms with Crippen molar-refractivity contribution in [3.05, 3.63) is 25.3 Å². The van der Waals surface area contributed by atoms with Crippen LogP contribution in [0.4, 0.5) is 0 Å². The third-order valence-corrected chi connectivity index (χ3v) is 2.59. The molecular formula is C14H23NO3. The molecule has 4 nitrogen and oxygen atoms in total. The van der Waals surface area contributed by atoms with Gasteiger partial charge >= 0.3 is 5.97 Å². The lowest BCUT2D eigenvalue weighted by atomic mass is 9.98. The minimum absolute atomic E-state index is 0.212. The van der Waals surface area contributed by atoms with E-state index in [0.29, 0.717) is 19.3 Å². The van der Waals surface area contributed by atoms with Crippen LogP contribution in [-0.2, 0) is 9.59 Å². The number of rotatable bonds is 9. The van der Waals surface area contributed by atoms with E-state index in [1.165, 1.54) is 0 Å². The summed E-state index contributed by atoms with van der Waals surface area (Å²) in [4.78, 5) is 23.0. The van der Waals surface area contributed by atoms with E-state index in [4.69, 9.17) is 5.11 Å². The highest BCUT2D eigenvalue weighted by Gasteiger charge is 2.24. The van der Waals surface area contributed by atoms with Gasteiger partial charge in [0.15, 0.2) is 0 Å². The van der Waals surface area contributed by atoms with Crippen molar-refractivity contribution in [1.82, 2.24) is 5.32 Å². The summed E-state index contributed by atoms with van der Waals surface area (Å²) < 4.78 is 0. The van der Waals surface area contributed by atoms with E-state index < -0.39 is 12.0 Å². The maximum atomic E-state index is 11.9. The molecule has 0 aliphatic carbocycles. The van der Waals surface area contributed by atoms with Crippen LogP contribution in [-0.4, -0.2) is 23.0 Å². The molecule has 1 amide bonds. The lowest BCUT2D eigenvalue weighted by Crippen LogP contribution is -2.44. The third-order valence-electron chi connectivity index (χ3n) is 2.59. The molecule has 0 spiro atoms. The van der Waals surface area contributed by atoms with E-state index in [0.717, 1.165) is 0 Å². The Morgan fingerprint density at radius 1 is 1.22 bits per heavy atom. The largest absolute Gasteiger partial charge is 0.480 e. The Labute approximate surface area is 109 Å². The van der Waals surface area contributed by atoms with Gasteiger partial charge in [-0.25, -0.2) is 4.79 Å². The quantitative estimate of drug-likeness (QED) is 0.620. The summed E-state index contributed by atoms with van der Waals surface area (Å²) in [5.41, 5.74) is 0. The monoisotopic (exact) mass is 253 g/mol. The molecule has 0 saturated carbocycles. The number of hydrogen-bond donors (Lipinski definition) is 2. The number of carbonyl (C=O) groups is 2. The number of carboxylic acid groups (broad SMARTS) is 1. The maximum absolute atomic E-state index is 11.9. The van der Waals surface area contributed by atoms with Crippen molar-refractivity contribution in [2.75, 3.05) is 0 Å². The van der Waals surface area contributed by atoms with Gasteiger partial charge < -0.3 is 10.4 Å². The second kappa shape index (κ2) is 8.50. The molecule has 0 radical (unpaired) electrons. The van der Waals surface area contributed by atoms with E-state index in [9.17, 15) is 9.59 Å². The SMILES string of the molecule is C=CCC(CC=C)C(=O)N[C@H](CC(C)C)C(=O)O. The van der Waals surface area contributed by atoms with Crippen LogP contribution < -0.4 is 5.32 Å². The van der Waals surface area contributed by atoms with Gasteiger partial charge in [-0.05, 0) is 25.2 Å². The van der Waals surface area contributed by atoms with Crippen molar-refractivity contribution in [2.45, 2.75) is 39.2 Å². The molecule has 0 bridgehead atoms. The van der Waals surface area contributed by atoms with Gasteiger partial charge in [0.1, 0.15) is 6.04 Å². The molecule has 2 N–H and O–H groups in total. The molecular weight excluding hydrogens is 230 g/mol. The van der Waals surface area contributed by atoms with E-state index in [1.54, 1.807) is 12.2 Å². The van der Waals surface area contributed by atoms with Crippen LogP contribution in [0, 0.1) is 11.8 Å². The Kier molecular flexibility index (Phi) is 7.76. The number of hydrogen-bond acceptors (Lipinski definition) is 2. The molecule has 0 rings (SSSR count). The summed E-state index contributed by atoms with van der Waals surface area (Å²) in [6, 6.07) is -0.824. The third kappa shape index (κ3) is 6.23.